The second-order valence-electron chi connectivity index (χ2n) is 7.77. The molecule has 0 saturated carbocycles. The maximum absolute atomic E-state index is 13.1. The van der Waals surface area contributed by atoms with E-state index >= 15 is 0 Å². The summed E-state index contributed by atoms with van der Waals surface area (Å²) in [6.45, 7) is 2.75. The van der Waals surface area contributed by atoms with E-state index in [9.17, 15) is 13.2 Å². The summed E-state index contributed by atoms with van der Waals surface area (Å²) in [4.78, 5) is 29.7. The topological polar surface area (TPSA) is 161 Å². The van der Waals surface area contributed by atoms with Gasteiger partial charge in [-0.3, -0.25) is 4.79 Å². The van der Waals surface area contributed by atoms with Gasteiger partial charge in [0.2, 0.25) is 16.8 Å². The zero-order valence-corrected chi connectivity index (χ0v) is 20.4. The molecule has 1 fully saturated rings. The Morgan fingerprint density at radius 1 is 1.14 bits per heavy atom. The molecule has 0 atom stereocenters. The second kappa shape index (κ2) is 12.3. The highest BCUT2D eigenvalue weighted by molar-refractivity contribution is 7.89. The van der Waals surface area contributed by atoms with Gasteiger partial charge in [0, 0.05) is 6.99 Å². The van der Waals surface area contributed by atoms with Crippen molar-refractivity contribution in [2.24, 2.45) is 0 Å². The van der Waals surface area contributed by atoms with Crippen molar-refractivity contribution in [1.29, 1.82) is 0 Å². The minimum Gasteiger partial charge on any atom is -0.598 e. The lowest BCUT2D eigenvalue weighted by molar-refractivity contribution is -0.917. The molecule has 2 N–H and O–H groups in total. The number of nitrogens with one attached hydrogen (secondary N) is 1. The molecule has 0 unspecified atom stereocenters. The molecule has 4 rings (SSSR count). The number of rotatable bonds is 7. The number of benzene rings is 2. The molecule has 0 aromatic heterocycles. The summed E-state index contributed by atoms with van der Waals surface area (Å²) >= 11 is 0. The first-order valence-corrected chi connectivity index (χ1v) is 13.2. The van der Waals surface area contributed by atoms with Gasteiger partial charge in [-0.05, 0) is 42.0 Å². The lowest BCUT2D eigenvalue weighted by Gasteiger charge is -2.31. The molecule has 0 bridgehead atoms. The number of sulfonamides is 1. The molecule has 2 aromatic carbocycles. The number of ketones is 1. The van der Waals surface area contributed by atoms with Gasteiger partial charge in [-0.1, -0.05) is 22.8 Å². The number of carbonyl (C=O) groups is 1. The lowest BCUT2D eigenvalue weighted by Crippen LogP contribution is -3.13. The van der Waals surface area contributed by atoms with Crippen LogP contribution in [0.5, 0.6) is 11.5 Å². The van der Waals surface area contributed by atoms with Crippen molar-refractivity contribution in [2.75, 3.05) is 39.6 Å². The highest BCUT2D eigenvalue weighted by Crippen LogP contribution is 2.32. The molecule has 2 aliphatic heterocycles. The number of hydrogen-bond acceptors (Lipinski definition) is 9. The lowest BCUT2D eigenvalue weighted by atomic mass is 10.2. The maximum Gasteiger partial charge on any atom is 0.276 e. The molecule has 0 spiro atoms. The Morgan fingerprint density at radius 3 is 2.51 bits per heavy atom. The third-order valence-electron chi connectivity index (χ3n) is 5.43. The maximum atomic E-state index is 13.1. The SMILES string of the molecule is O=C(/C=C/c1cccc(S(=O)(=O)N2CC[NH+](Cc3ccc4c(c3)OCO4)CC2)c1)CO.O=[P+]([O-])[O-].[HH]. The zero-order chi connectivity index (χ0) is 25.4. The number of quaternary nitrogens is 1. The van der Waals surface area contributed by atoms with Crippen molar-refractivity contribution in [3.8, 4) is 11.5 Å². The molecule has 11 nitrogen and oxygen atoms in total. The first-order valence-electron chi connectivity index (χ1n) is 10.6. The summed E-state index contributed by atoms with van der Waals surface area (Å²) in [6, 6.07) is 12.4. The monoisotopic (exact) mass is 526 g/mol. The van der Waals surface area contributed by atoms with Crippen LogP contribution in [0, 0.1) is 0 Å². The number of hydrogen-bond donors (Lipinski definition) is 2. The summed E-state index contributed by atoms with van der Waals surface area (Å²) in [5.41, 5.74) is 1.72. The van der Waals surface area contributed by atoms with Crippen molar-refractivity contribution >= 4 is 30.1 Å². The fourth-order valence-electron chi connectivity index (χ4n) is 3.73. The molecular weight excluding hydrogens is 499 g/mol. The average Bonchev–Trinajstić information content (AvgIpc) is 3.31. The van der Waals surface area contributed by atoms with E-state index in [1.165, 1.54) is 21.4 Å². The molecule has 190 valence electrons. The number of ether oxygens (including phenoxy) is 2. The first kappa shape index (κ1) is 26.9. The largest absolute Gasteiger partial charge is 0.598 e. The van der Waals surface area contributed by atoms with Crippen LogP contribution in [0.3, 0.4) is 0 Å². The average molecular weight is 527 g/mol. The molecule has 13 heteroatoms. The third kappa shape index (κ3) is 7.64. The number of carbonyl (C=O) groups excluding carboxylic acids is 1. The Bertz CT molecular complexity index is 1200. The molecule has 0 radical (unpaired) electrons. The van der Waals surface area contributed by atoms with Gasteiger partial charge in [0.15, 0.2) is 17.3 Å². The Hall–Kier alpha value is -2.70. The third-order valence-corrected chi connectivity index (χ3v) is 7.33. The van der Waals surface area contributed by atoms with Gasteiger partial charge in [-0.15, -0.1) is 0 Å². The van der Waals surface area contributed by atoms with Crippen LogP contribution in [0.1, 0.15) is 12.6 Å². The van der Waals surface area contributed by atoms with Crippen LogP contribution in [0.2, 0.25) is 0 Å². The number of aliphatic hydroxyl groups excluding tert-OH is 1. The first-order chi connectivity index (χ1) is 16.7. The quantitative estimate of drug-likeness (QED) is 0.330. The Morgan fingerprint density at radius 2 is 1.83 bits per heavy atom. The Balaban J connectivity index is 0.000000850. The highest BCUT2D eigenvalue weighted by Gasteiger charge is 2.30. The van der Waals surface area contributed by atoms with E-state index in [1.54, 1.807) is 24.3 Å². The van der Waals surface area contributed by atoms with Crippen LogP contribution in [-0.2, 0) is 25.9 Å². The fourth-order valence-corrected chi connectivity index (χ4v) is 5.23. The van der Waals surface area contributed by atoms with E-state index in [-0.39, 0.29) is 13.1 Å². The van der Waals surface area contributed by atoms with Crippen molar-refractivity contribution in [1.82, 2.24) is 4.31 Å². The zero-order valence-electron chi connectivity index (χ0n) is 18.7. The number of fused-ring (bicyclic) bond motifs is 1. The summed E-state index contributed by atoms with van der Waals surface area (Å²) < 4.78 is 46.9. The molecular formula is C22H27N2O9PS. The van der Waals surface area contributed by atoms with Gasteiger partial charge in [0.25, 0.3) is 8.25 Å². The van der Waals surface area contributed by atoms with Crippen LogP contribution in [0.25, 0.3) is 6.08 Å². The van der Waals surface area contributed by atoms with Crippen LogP contribution in [0.4, 0.5) is 0 Å². The van der Waals surface area contributed by atoms with Crippen LogP contribution in [-0.4, -0.2) is 63.2 Å². The van der Waals surface area contributed by atoms with E-state index in [0.717, 1.165) is 23.6 Å². The fraction of sp³-hybridized carbons (Fsp3) is 0.318. The normalized spacial score (nSPS) is 16.1. The second-order valence-corrected chi connectivity index (χ2v) is 10.2. The highest BCUT2D eigenvalue weighted by atomic mass is 32.2. The smallest absolute Gasteiger partial charge is 0.276 e. The minimum atomic E-state index is -3.62. The van der Waals surface area contributed by atoms with E-state index < -0.39 is 30.7 Å². The summed E-state index contributed by atoms with van der Waals surface area (Å²) in [7, 11) is -6.99. The van der Waals surface area contributed by atoms with Crippen LogP contribution < -0.4 is 24.2 Å². The Labute approximate surface area is 205 Å². The van der Waals surface area contributed by atoms with Gasteiger partial charge >= 0.3 is 0 Å². The van der Waals surface area contributed by atoms with E-state index in [1.807, 2.05) is 18.2 Å². The number of piperazine rings is 1. The van der Waals surface area contributed by atoms with Gasteiger partial charge in [0.1, 0.15) is 13.2 Å². The molecule has 2 heterocycles. The predicted molar refractivity (Wildman–Crippen MR) is 123 cm³/mol. The molecule has 35 heavy (non-hydrogen) atoms. The molecule has 2 aromatic rings. The molecule has 0 amide bonds. The van der Waals surface area contributed by atoms with Crippen molar-refractivity contribution in [2.45, 2.75) is 11.4 Å². The minimum absolute atomic E-state index is 0. The molecule has 2 aliphatic rings. The summed E-state index contributed by atoms with van der Waals surface area (Å²) in [5.74, 6) is 1.08. The predicted octanol–water partition coefficient (Wildman–Crippen LogP) is -1.31. The number of aliphatic hydroxyl groups is 1. The van der Waals surface area contributed by atoms with Crippen molar-refractivity contribution < 1.29 is 48.5 Å². The molecule has 0 aliphatic carbocycles. The van der Waals surface area contributed by atoms with Gasteiger partial charge in [-0.25, -0.2) is 8.42 Å². The number of nitrogens with zero attached hydrogens (tertiary/aromatic N) is 1. The van der Waals surface area contributed by atoms with Crippen molar-refractivity contribution in [3.05, 3.63) is 59.7 Å². The van der Waals surface area contributed by atoms with Gasteiger partial charge in [0.05, 0.1) is 31.1 Å². The van der Waals surface area contributed by atoms with E-state index in [0.29, 0.717) is 31.7 Å². The van der Waals surface area contributed by atoms with Crippen LogP contribution in [0.15, 0.2) is 53.4 Å². The van der Waals surface area contributed by atoms with Gasteiger partial charge in [-0.2, -0.15) is 4.31 Å². The van der Waals surface area contributed by atoms with Crippen molar-refractivity contribution in [3.63, 3.8) is 0 Å². The Kier molecular flexibility index (Phi) is 9.47. The van der Waals surface area contributed by atoms with Gasteiger partial charge < -0.3 is 29.3 Å². The van der Waals surface area contributed by atoms with Crippen LogP contribution >= 0.6 is 8.25 Å². The summed E-state index contributed by atoms with van der Waals surface area (Å²) in [5, 5.41) is 8.81. The van der Waals surface area contributed by atoms with E-state index in [4.69, 9.17) is 28.9 Å². The summed E-state index contributed by atoms with van der Waals surface area (Å²) in [6.07, 6.45) is 2.75. The van der Waals surface area contributed by atoms with E-state index in [2.05, 4.69) is 0 Å². The standard InChI is InChI=1S/C22H24N2O6S.HO3P.H2/c25-15-19(26)6-4-17-2-1-3-20(12-17)31(27,28)24-10-8-23(9-11-24)14-18-5-7-21-22(13-18)30-16-29-21;1-4(2)3;/h1-7,12-13,25H,8-11,14-16H2;(H,1,2,3);1H/b6-4+;;. The molecule has 1 saturated heterocycles.